The summed E-state index contributed by atoms with van der Waals surface area (Å²) in [6, 6.07) is 7.76. The first-order valence-corrected chi connectivity index (χ1v) is 9.69. The van der Waals surface area contributed by atoms with Gasteiger partial charge in [0.1, 0.15) is 0 Å². The summed E-state index contributed by atoms with van der Waals surface area (Å²) in [4.78, 5) is 17.4. The highest BCUT2D eigenvalue weighted by Gasteiger charge is 2.27. The largest absolute Gasteiger partial charge is 0.338 e. The van der Waals surface area contributed by atoms with Gasteiger partial charge < -0.3 is 9.80 Å². The van der Waals surface area contributed by atoms with Gasteiger partial charge in [0.05, 0.1) is 5.56 Å². The molecular weight excluding hydrogens is 352 g/mol. The maximum absolute atomic E-state index is 12.8. The molecule has 2 fully saturated rings. The molecule has 126 valence electrons. The van der Waals surface area contributed by atoms with Crippen molar-refractivity contribution in [3.8, 4) is 0 Å². The normalized spacial score (nSPS) is 23.9. The molecule has 0 aliphatic carbocycles. The maximum atomic E-state index is 12.8. The van der Waals surface area contributed by atoms with Crippen molar-refractivity contribution in [1.29, 1.82) is 0 Å². The lowest BCUT2D eigenvalue weighted by Gasteiger charge is -2.38. The first kappa shape index (κ1) is 17.0. The Hall–Kier alpha value is -0.870. The van der Waals surface area contributed by atoms with Crippen molar-refractivity contribution >= 4 is 21.8 Å². The molecule has 1 aromatic rings. The summed E-state index contributed by atoms with van der Waals surface area (Å²) >= 11 is 3.51. The van der Waals surface area contributed by atoms with E-state index in [2.05, 4.69) is 32.7 Å². The van der Waals surface area contributed by atoms with Crippen molar-refractivity contribution in [2.45, 2.75) is 32.6 Å². The number of nitrogens with zero attached hydrogens (tertiary/aromatic N) is 2. The Labute approximate surface area is 148 Å². The van der Waals surface area contributed by atoms with E-state index in [0.29, 0.717) is 5.92 Å². The molecule has 1 amide bonds. The third kappa shape index (κ3) is 4.36. The highest BCUT2D eigenvalue weighted by molar-refractivity contribution is 9.10. The zero-order valence-corrected chi connectivity index (χ0v) is 15.6. The Bertz CT molecular complexity index is 540. The van der Waals surface area contributed by atoms with Gasteiger partial charge in [0, 0.05) is 24.1 Å². The van der Waals surface area contributed by atoms with Gasteiger partial charge in [-0.05, 0) is 78.7 Å². The maximum Gasteiger partial charge on any atom is 0.255 e. The first-order valence-electron chi connectivity index (χ1n) is 8.89. The van der Waals surface area contributed by atoms with E-state index >= 15 is 0 Å². The molecule has 2 aliphatic rings. The molecule has 0 spiro atoms. The van der Waals surface area contributed by atoms with E-state index in [4.69, 9.17) is 0 Å². The predicted molar refractivity (Wildman–Crippen MR) is 97.6 cm³/mol. The second-order valence-corrected chi connectivity index (χ2v) is 8.08. The van der Waals surface area contributed by atoms with Crippen LogP contribution >= 0.6 is 15.9 Å². The lowest BCUT2D eigenvalue weighted by molar-refractivity contribution is 0.0621. The molecular formula is C19H27BrN2O. The lowest BCUT2D eigenvalue weighted by atomic mass is 9.94. The Morgan fingerprint density at radius 3 is 2.65 bits per heavy atom. The Morgan fingerprint density at radius 2 is 1.91 bits per heavy atom. The minimum Gasteiger partial charge on any atom is -0.338 e. The van der Waals surface area contributed by atoms with E-state index in [9.17, 15) is 4.79 Å². The summed E-state index contributed by atoms with van der Waals surface area (Å²) in [7, 11) is 0. The molecule has 1 atom stereocenters. The highest BCUT2D eigenvalue weighted by Crippen LogP contribution is 2.24. The molecule has 0 aromatic heterocycles. The van der Waals surface area contributed by atoms with E-state index in [1.165, 1.54) is 32.4 Å². The van der Waals surface area contributed by atoms with Crippen LogP contribution in [0.5, 0.6) is 0 Å². The molecule has 2 aliphatic heterocycles. The number of hydrogen-bond donors (Lipinski definition) is 0. The predicted octanol–water partition coefficient (Wildman–Crippen LogP) is 4.03. The minimum absolute atomic E-state index is 0.175. The summed E-state index contributed by atoms with van der Waals surface area (Å²) in [5.74, 6) is 1.68. The molecule has 0 radical (unpaired) electrons. The molecule has 2 saturated heterocycles. The van der Waals surface area contributed by atoms with E-state index in [1.807, 2.05) is 24.3 Å². The second-order valence-electron chi connectivity index (χ2n) is 7.22. The number of benzene rings is 1. The summed E-state index contributed by atoms with van der Waals surface area (Å²) < 4.78 is 0.900. The number of hydrogen-bond acceptors (Lipinski definition) is 2. The topological polar surface area (TPSA) is 23.6 Å². The third-order valence-electron chi connectivity index (χ3n) is 5.30. The number of piperidine rings is 2. The molecule has 1 unspecified atom stereocenters. The lowest BCUT2D eigenvalue weighted by Crippen LogP contribution is -2.45. The number of amides is 1. The van der Waals surface area contributed by atoms with E-state index < -0.39 is 0 Å². The van der Waals surface area contributed by atoms with Crippen LogP contribution in [0.2, 0.25) is 0 Å². The Kier molecular flexibility index (Phi) is 5.76. The van der Waals surface area contributed by atoms with Crippen LogP contribution in [0.25, 0.3) is 0 Å². The molecule has 4 heteroatoms. The third-order valence-corrected chi connectivity index (χ3v) is 5.99. The number of rotatable bonds is 3. The average molecular weight is 379 g/mol. The molecule has 3 nitrogen and oxygen atoms in total. The van der Waals surface area contributed by atoms with Gasteiger partial charge in [-0.3, -0.25) is 4.79 Å². The fraction of sp³-hybridized carbons (Fsp3) is 0.632. The second kappa shape index (κ2) is 7.80. The first-order chi connectivity index (χ1) is 11.1. The molecule has 3 rings (SSSR count). The Balaban J connectivity index is 1.58. The summed E-state index contributed by atoms with van der Waals surface area (Å²) in [5.41, 5.74) is 0.792. The highest BCUT2D eigenvalue weighted by atomic mass is 79.9. The number of carbonyl (C=O) groups excluding carboxylic acids is 1. The fourth-order valence-electron chi connectivity index (χ4n) is 3.81. The van der Waals surface area contributed by atoms with Crippen molar-refractivity contribution in [2.75, 3.05) is 32.7 Å². The fourth-order valence-corrected chi connectivity index (χ4v) is 4.27. The van der Waals surface area contributed by atoms with Crippen LogP contribution in [0, 0.1) is 11.8 Å². The van der Waals surface area contributed by atoms with E-state index in [-0.39, 0.29) is 5.91 Å². The van der Waals surface area contributed by atoms with Crippen LogP contribution in [0.4, 0.5) is 0 Å². The number of likely N-dealkylation sites (tertiary alicyclic amines) is 2. The van der Waals surface area contributed by atoms with Gasteiger partial charge in [-0.2, -0.15) is 0 Å². The van der Waals surface area contributed by atoms with Gasteiger partial charge in [-0.25, -0.2) is 0 Å². The van der Waals surface area contributed by atoms with Gasteiger partial charge in [0.25, 0.3) is 5.91 Å². The van der Waals surface area contributed by atoms with Crippen LogP contribution in [0.3, 0.4) is 0 Å². The van der Waals surface area contributed by atoms with Gasteiger partial charge >= 0.3 is 0 Å². The van der Waals surface area contributed by atoms with Gasteiger partial charge in [0.2, 0.25) is 0 Å². The minimum atomic E-state index is 0.175. The zero-order valence-electron chi connectivity index (χ0n) is 14.0. The molecule has 23 heavy (non-hydrogen) atoms. The monoisotopic (exact) mass is 378 g/mol. The summed E-state index contributed by atoms with van der Waals surface area (Å²) in [5, 5.41) is 0. The van der Waals surface area contributed by atoms with Gasteiger partial charge in [0.15, 0.2) is 0 Å². The quantitative estimate of drug-likeness (QED) is 0.792. The zero-order chi connectivity index (χ0) is 16.2. The van der Waals surface area contributed by atoms with E-state index in [1.54, 1.807) is 0 Å². The van der Waals surface area contributed by atoms with Crippen LogP contribution in [0.1, 0.15) is 43.0 Å². The molecule has 0 saturated carbocycles. The van der Waals surface area contributed by atoms with Crippen molar-refractivity contribution in [2.24, 2.45) is 11.8 Å². The van der Waals surface area contributed by atoms with Gasteiger partial charge in [-0.15, -0.1) is 0 Å². The van der Waals surface area contributed by atoms with E-state index in [0.717, 1.165) is 42.0 Å². The van der Waals surface area contributed by atoms with Crippen LogP contribution in [-0.2, 0) is 0 Å². The Morgan fingerprint density at radius 1 is 1.17 bits per heavy atom. The average Bonchev–Trinajstić information content (AvgIpc) is 2.57. The van der Waals surface area contributed by atoms with Crippen molar-refractivity contribution in [1.82, 2.24) is 9.80 Å². The molecule has 0 N–H and O–H groups in total. The van der Waals surface area contributed by atoms with Crippen molar-refractivity contribution < 1.29 is 4.79 Å². The molecule has 1 aromatic carbocycles. The number of carbonyl (C=O) groups is 1. The van der Waals surface area contributed by atoms with Crippen LogP contribution in [0.15, 0.2) is 28.7 Å². The molecule has 0 bridgehead atoms. The standard InChI is InChI=1S/C19H27BrN2O/c1-15-8-11-21(12-9-15)13-16-5-4-10-22(14-16)19(23)17-6-2-3-7-18(17)20/h2-3,6-7,15-16H,4-5,8-14H2,1H3. The SMILES string of the molecule is CC1CCN(CC2CCCN(C(=O)c3ccccc3Br)C2)CC1. The van der Waals surface area contributed by atoms with Crippen molar-refractivity contribution in [3.63, 3.8) is 0 Å². The summed E-state index contributed by atoms with van der Waals surface area (Å²) in [6.07, 6.45) is 5.04. The molecule has 2 heterocycles. The van der Waals surface area contributed by atoms with Crippen molar-refractivity contribution in [3.05, 3.63) is 34.3 Å². The van der Waals surface area contributed by atoms with Crippen LogP contribution in [-0.4, -0.2) is 48.4 Å². The number of halogens is 1. The van der Waals surface area contributed by atoms with Crippen LogP contribution < -0.4 is 0 Å². The smallest absolute Gasteiger partial charge is 0.255 e. The van der Waals surface area contributed by atoms with Gasteiger partial charge in [-0.1, -0.05) is 19.1 Å². The summed E-state index contributed by atoms with van der Waals surface area (Å²) in [6.45, 7) is 7.79.